The molecule has 2 aromatic rings. The van der Waals surface area contributed by atoms with Crippen molar-refractivity contribution in [2.24, 2.45) is 0 Å². The quantitative estimate of drug-likeness (QED) is 0.470. The highest BCUT2D eigenvalue weighted by atomic mass is 35.5. The van der Waals surface area contributed by atoms with Crippen molar-refractivity contribution in [1.29, 1.82) is 0 Å². The molecule has 0 bridgehead atoms. The van der Waals surface area contributed by atoms with E-state index in [0.29, 0.717) is 31.1 Å². The van der Waals surface area contributed by atoms with Crippen LogP contribution in [0.15, 0.2) is 35.7 Å². The second-order valence-electron chi connectivity index (χ2n) is 7.86. The van der Waals surface area contributed by atoms with Crippen molar-refractivity contribution in [3.05, 3.63) is 56.7 Å². The summed E-state index contributed by atoms with van der Waals surface area (Å²) in [6.07, 6.45) is 3.83. The summed E-state index contributed by atoms with van der Waals surface area (Å²) in [4.78, 5) is 31.2. The van der Waals surface area contributed by atoms with E-state index < -0.39 is 0 Å². The van der Waals surface area contributed by atoms with Gasteiger partial charge in [-0.05, 0) is 54.0 Å². The van der Waals surface area contributed by atoms with Crippen LogP contribution in [0, 0.1) is 0 Å². The molecule has 0 fully saturated rings. The fourth-order valence-corrected chi connectivity index (χ4v) is 5.05. The Morgan fingerprint density at radius 1 is 1.23 bits per heavy atom. The number of benzene rings is 1. The van der Waals surface area contributed by atoms with E-state index in [-0.39, 0.29) is 24.4 Å². The average Bonchev–Trinajstić information content (AvgIpc) is 3.25. The lowest BCUT2D eigenvalue weighted by molar-refractivity contribution is -0.142. The fourth-order valence-electron chi connectivity index (χ4n) is 4.02. The van der Waals surface area contributed by atoms with E-state index in [1.54, 1.807) is 23.3 Å². The summed E-state index contributed by atoms with van der Waals surface area (Å²) in [5, 5.41) is 2.76. The molecular formula is C24H31ClN2O3S. The number of hydrogen-bond acceptors (Lipinski definition) is 4. The Kier molecular flexibility index (Phi) is 8.93. The zero-order valence-corrected chi connectivity index (χ0v) is 19.9. The molecule has 1 aromatic carbocycles. The number of amides is 2. The van der Waals surface area contributed by atoms with E-state index in [2.05, 4.69) is 18.4 Å². The van der Waals surface area contributed by atoms with E-state index in [4.69, 9.17) is 16.3 Å². The van der Waals surface area contributed by atoms with Crippen molar-refractivity contribution < 1.29 is 14.3 Å². The number of halogens is 1. The van der Waals surface area contributed by atoms with Gasteiger partial charge >= 0.3 is 0 Å². The number of unbranched alkanes of at least 4 members (excludes halogenated alkanes) is 1. The maximum Gasteiger partial charge on any atom is 0.242 e. The summed E-state index contributed by atoms with van der Waals surface area (Å²) >= 11 is 7.84. The fraction of sp³-hybridized carbons (Fsp3) is 0.500. The van der Waals surface area contributed by atoms with Crippen LogP contribution in [0.1, 0.15) is 54.7 Å². The van der Waals surface area contributed by atoms with Crippen molar-refractivity contribution in [3.63, 3.8) is 0 Å². The van der Waals surface area contributed by atoms with Gasteiger partial charge in [0.1, 0.15) is 0 Å². The molecule has 1 aromatic heterocycles. The van der Waals surface area contributed by atoms with E-state index >= 15 is 0 Å². The molecule has 5 nitrogen and oxygen atoms in total. The van der Waals surface area contributed by atoms with Gasteiger partial charge in [0, 0.05) is 43.1 Å². The number of thiophene rings is 1. The minimum Gasteiger partial charge on any atom is -0.385 e. The molecule has 168 valence electrons. The Morgan fingerprint density at radius 2 is 2.00 bits per heavy atom. The second kappa shape index (κ2) is 11.7. The summed E-state index contributed by atoms with van der Waals surface area (Å²) in [7, 11) is 1.65. The van der Waals surface area contributed by atoms with Crippen LogP contribution in [0.5, 0.6) is 0 Å². The molecule has 7 heteroatoms. The Labute approximate surface area is 193 Å². The molecule has 0 aliphatic carbocycles. The second-order valence-corrected chi connectivity index (χ2v) is 9.29. The van der Waals surface area contributed by atoms with Crippen molar-refractivity contribution in [3.8, 4) is 0 Å². The third kappa shape index (κ3) is 6.09. The van der Waals surface area contributed by atoms with Gasteiger partial charge in [0.25, 0.3) is 0 Å². The number of ether oxygens (including phenoxy) is 1. The number of rotatable bonds is 10. The number of carbonyl (C=O) groups is 2. The van der Waals surface area contributed by atoms with Gasteiger partial charge in [-0.25, -0.2) is 0 Å². The van der Waals surface area contributed by atoms with E-state index in [9.17, 15) is 9.59 Å². The molecule has 0 spiro atoms. The number of fused-ring (bicyclic) bond motifs is 1. The van der Waals surface area contributed by atoms with Gasteiger partial charge in [0.05, 0.1) is 12.6 Å². The normalized spacial score (nSPS) is 15.6. The zero-order valence-electron chi connectivity index (χ0n) is 18.3. The molecule has 0 saturated carbocycles. The zero-order chi connectivity index (χ0) is 22.2. The minimum atomic E-state index is -0.147. The molecule has 0 radical (unpaired) electrons. The lowest BCUT2D eigenvalue weighted by atomic mass is 9.93. The van der Waals surface area contributed by atoms with E-state index in [0.717, 1.165) is 31.2 Å². The number of nitrogens with zero attached hydrogens (tertiary/aromatic N) is 2. The summed E-state index contributed by atoms with van der Waals surface area (Å²) < 4.78 is 5.15. The van der Waals surface area contributed by atoms with Crippen LogP contribution in [0.2, 0.25) is 5.02 Å². The highest BCUT2D eigenvalue weighted by Gasteiger charge is 2.33. The molecule has 1 atom stereocenters. The summed E-state index contributed by atoms with van der Waals surface area (Å²) in [5.74, 6) is 0.0293. The third-order valence-electron chi connectivity index (χ3n) is 5.67. The standard InChI is InChI=1S/C24H31ClN2O3S/c1-3-4-6-22(28)26(13-5-15-30-2)17-23(29)27-14-11-21-20(12-16-31-21)24(27)18-7-9-19(25)10-8-18/h7-10,12,16,24H,3-6,11,13-15,17H2,1-2H3. The number of methoxy groups -OCH3 is 1. The molecular weight excluding hydrogens is 432 g/mol. The maximum absolute atomic E-state index is 13.5. The molecule has 0 N–H and O–H groups in total. The van der Waals surface area contributed by atoms with Crippen LogP contribution in [0.3, 0.4) is 0 Å². The predicted molar refractivity (Wildman–Crippen MR) is 126 cm³/mol. The SMILES string of the molecule is CCCCC(=O)N(CCCOC)CC(=O)N1CCc2sccc2C1c1ccc(Cl)cc1. The van der Waals surface area contributed by atoms with Crippen molar-refractivity contribution in [2.45, 2.75) is 45.1 Å². The van der Waals surface area contributed by atoms with Gasteiger partial charge in [-0.15, -0.1) is 11.3 Å². The summed E-state index contributed by atoms with van der Waals surface area (Å²) in [6.45, 7) is 3.92. The van der Waals surface area contributed by atoms with Crippen LogP contribution >= 0.6 is 22.9 Å². The van der Waals surface area contributed by atoms with Crippen LogP contribution in [0.25, 0.3) is 0 Å². The number of carbonyl (C=O) groups excluding carboxylic acids is 2. The van der Waals surface area contributed by atoms with Crippen LogP contribution in [0.4, 0.5) is 0 Å². The lowest BCUT2D eigenvalue weighted by Crippen LogP contribution is -2.47. The summed E-state index contributed by atoms with van der Waals surface area (Å²) in [6, 6.07) is 9.68. The monoisotopic (exact) mass is 462 g/mol. The largest absolute Gasteiger partial charge is 0.385 e. The average molecular weight is 463 g/mol. The van der Waals surface area contributed by atoms with Crippen molar-refractivity contribution >= 4 is 34.8 Å². The first-order valence-corrected chi connectivity index (χ1v) is 12.2. The topological polar surface area (TPSA) is 49.9 Å². The molecule has 31 heavy (non-hydrogen) atoms. The molecule has 1 aliphatic rings. The van der Waals surface area contributed by atoms with Crippen LogP contribution in [-0.4, -0.2) is 55.0 Å². The Balaban J connectivity index is 1.81. The maximum atomic E-state index is 13.5. The van der Waals surface area contributed by atoms with E-state index in [1.807, 2.05) is 29.2 Å². The first kappa shape index (κ1) is 23.8. The number of hydrogen-bond donors (Lipinski definition) is 0. The molecule has 1 unspecified atom stereocenters. The Morgan fingerprint density at radius 3 is 2.71 bits per heavy atom. The van der Waals surface area contributed by atoms with Crippen LogP contribution < -0.4 is 0 Å². The Hall–Kier alpha value is -1.89. The van der Waals surface area contributed by atoms with Gasteiger partial charge in [0.2, 0.25) is 11.8 Å². The Bertz CT molecular complexity index is 868. The molecule has 0 saturated heterocycles. The van der Waals surface area contributed by atoms with Crippen molar-refractivity contribution in [1.82, 2.24) is 9.80 Å². The molecule has 2 amide bonds. The first-order valence-electron chi connectivity index (χ1n) is 10.9. The molecule has 1 aliphatic heterocycles. The van der Waals surface area contributed by atoms with Gasteiger partial charge in [-0.3, -0.25) is 9.59 Å². The van der Waals surface area contributed by atoms with Gasteiger partial charge in [-0.1, -0.05) is 37.1 Å². The highest BCUT2D eigenvalue weighted by Crippen LogP contribution is 2.38. The van der Waals surface area contributed by atoms with Gasteiger partial charge in [0.15, 0.2) is 0 Å². The molecule has 2 heterocycles. The highest BCUT2D eigenvalue weighted by molar-refractivity contribution is 7.10. The van der Waals surface area contributed by atoms with Gasteiger partial charge < -0.3 is 14.5 Å². The first-order chi connectivity index (χ1) is 15.0. The van der Waals surface area contributed by atoms with Crippen LogP contribution in [-0.2, 0) is 20.7 Å². The van der Waals surface area contributed by atoms with E-state index in [1.165, 1.54) is 10.4 Å². The third-order valence-corrected chi connectivity index (χ3v) is 6.92. The summed E-state index contributed by atoms with van der Waals surface area (Å²) in [5.41, 5.74) is 2.22. The molecule has 3 rings (SSSR count). The minimum absolute atomic E-state index is 0.0148. The lowest BCUT2D eigenvalue weighted by Gasteiger charge is -2.37. The predicted octanol–water partition coefficient (Wildman–Crippen LogP) is 4.93. The smallest absolute Gasteiger partial charge is 0.242 e. The van der Waals surface area contributed by atoms with Gasteiger partial charge in [-0.2, -0.15) is 0 Å². The van der Waals surface area contributed by atoms with Crippen molar-refractivity contribution in [2.75, 3.05) is 33.4 Å².